The Morgan fingerprint density at radius 1 is 0.938 bits per heavy atom. The average Bonchev–Trinajstić information content (AvgIpc) is 2.80. The van der Waals surface area contributed by atoms with Gasteiger partial charge >= 0.3 is 0 Å². The van der Waals surface area contributed by atoms with Crippen LogP contribution >= 0.6 is 0 Å². The molecule has 0 aliphatic carbocycles. The van der Waals surface area contributed by atoms with Gasteiger partial charge in [-0.1, -0.05) is 6.07 Å². The smallest absolute Gasteiger partial charge is 0.182 e. The summed E-state index contributed by atoms with van der Waals surface area (Å²) in [7, 11) is 0. The van der Waals surface area contributed by atoms with Gasteiger partial charge in [0.05, 0.1) is 6.20 Å². The first-order valence-electron chi connectivity index (χ1n) is 4.71. The Morgan fingerprint density at radius 3 is 2.62 bits per heavy atom. The van der Waals surface area contributed by atoms with Crippen molar-refractivity contribution in [3.05, 3.63) is 36.9 Å². The highest BCUT2D eigenvalue weighted by atomic mass is 15.4. The molecule has 0 unspecified atom stereocenters. The lowest BCUT2D eigenvalue weighted by Crippen LogP contribution is -2.17. The minimum atomic E-state index is 0.564. The van der Waals surface area contributed by atoms with Gasteiger partial charge in [0.2, 0.25) is 0 Å². The first kappa shape index (κ1) is 8.78. The molecule has 0 saturated heterocycles. The van der Waals surface area contributed by atoms with Crippen LogP contribution in [-0.2, 0) is 0 Å². The molecule has 0 atom stereocenters. The van der Waals surface area contributed by atoms with Crippen molar-refractivity contribution in [3.8, 4) is 23.0 Å². The number of hydrogen-bond acceptors (Lipinski definition) is 5. The van der Waals surface area contributed by atoms with Crippen LogP contribution in [0.2, 0.25) is 0 Å². The van der Waals surface area contributed by atoms with Crippen molar-refractivity contribution in [2.24, 2.45) is 0 Å². The molecule has 3 rings (SSSR count). The van der Waals surface area contributed by atoms with Crippen LogP contribution in [0.1, 0.15) is 0 Å². The van der Waals surface area contributed by atoms with Crippen LogP contribution in [-0.4, -0.2) is 24.6 Å². The fourth-order valence-corrected chi connectivity index (χ4v) is 1.52. The van der Waals surface area contributed by atoms with Gasteiger partial charge in [0.25, 0.3) is 0 Å². The summed E-state index contributed by atoms with van der Waals surface area (Å²) in [5.41, 5.74) is 1.37. The van der Waals surface area contributed by atoms with E-state index in [4.69, 9.17) is 5.84 Å². The molecule has 3 heterocycles. The van der Waals surface area contributed by atoms with E-state index in [1.807, 2.05) is 18.2 Å². The number of pyridine rings is 1. The molecule has 1 aromatic heterocycles. The highest BCUT2D eigenvalue weighted by Crippen LogP contribution is 2.19. The monoisotopic (exact) mass is 212 g/mol. The second-order valence-electron chi connectivity index (χ2n) is 3.25. The van der Waals surface area contributed by atoms with Crippen LogP contribution in [0.4, 0.5) is 0 Å². The van der Waals surface area contributed by atoms with Gasteiger partial charge in [-0.25, -0.2) is 19.6 Å². The van der Waals surface area contributed by atoms with E-state index in [-0.39, 0.29) is 0 Å². The van der Waals surface area contributed by atoms with E-state index in [2.05, 4.69) is 19.9 Å². The lowest BCUT2D eigenvalue weighted by Gasteiger charge is -2.09. The highest BCUT2D eigenvalue weighted by Gasteiger charge is 2.14. The fraction of sp³-hybridized carbons (Fsp3) is 0. The molecule has 78 valence electrons. The summed E-state index contributed by atoms with van der Waals surface area (Å²) in [5.74, 6) is 7.06. The van der Waals surface area contributed by atoms with E-state index in [0.29, 0.717) is 23.0 Å². The Hall–Kier alpha value is -2.50. The lowest BCUT2D eigenvalue weighted by molar-refractivity contribution is 0.921. The number of nitrogens with two attached hydrogens (primary N) is 1. The van der Waals surface area contributed by atoms with Crippen molar-refractivity contribution < 1.29 is 0 Å². The Balaban J connectivity index is 2.26. The third kappa shape index (κ3) is 1.20. The second-order valence-corrected chi connectivity index (χ2v) is 3.25. The van der Waals surface area contributed by atoms with Gasteiger partial charge in [0.1, 0.15) is 17.7 Å². The van der Waals surface area contributed by atoms with Crippen molar-refractivity contribution in [2.45, 2.75) is 0 Å². The molecule has 0 radical (unpaired) electrons. The molecule has 2 aliphatic heterocycles. The maximum absolute atomic E-state index is 5.91. The zero-order chi connectivity index (χ0) is 11.0. The van der Waals surface area contributed by atoms with Crippen LogP contribution in [0.25, 0.3) is 23.0 Å². The highest BCUT2D eigenvalue weighted by molar-refractivity contribution is 5.58. The van der Waals surface area contributed by atoms with Gasteiger partial charge in [-0.2, -0.15) is 0 Å². The predicted octanol–water partition coefficient (Wildman–Crippen LogP) is 0.554. The maximum atomic E-state index is 5.91. The van der Waals surface area contributed by atoms with Crippen LogP contribution in [0.5, 0.6) is 0 Å². The molecule has 2 aliphatic rings. The Bertz CT molecular complexity index is 588. The molecule has 6 nitrogen and oxygen atoms in total. The summed E-state index contributed by atoms with van der Waals surface area (Å²) in [5, 5.41) is 0. The molecule has 0 amide bonds. The molecule has 6 heteroatoms. The van der Waals surface area contributed by atoms with Gasteiger partial charge in [0.15, 0.2) is 11.6 Å². The number of aromatic nitrogens is 5. The molecular formula is C10H8N6. The molecule has 0 saturated carbocycles. The van der Waals surface area contributed by atoms with E-state index < -0.39 is 0 Å². The lowest BCUT2D eigenvalue weighted by atomic mass is 10.3. The maximum Gasteiger partial charge on any atom is 0.182 e. The van der Waals surface area contributed by atoms with E-state index in [0.717, 1.165) is 0 Å². The molecule has 0 spiro atoms. The molecule has 1 aromatic rings. The molecule has 0 fully saturated rings. The van der Waals surface area contributed by atoms with Crippen molar-refractivity contribution >= 4 is 0 Å². The summed E-state index contributed by atoms with van der Waals surface area (Å²) in [6.07, 6.45) is 4.78. The first-order chi connectivity index (χ1) is 7.86. The second kappa shape index (κ2) is 3.27. The molecule has 0 bridgehead atoms. The Kier molecular flexibility index (Phi) is 1.79. The Morgan fingerprint density at radius 2 is 1.81 bits per heavy atom. The summed E-state index contributed by atoms with van der Waals surface area (Å²) < 4.78 is 1.39. The number of imidazole rings is 1. The van der Waals surface area contributed by atoms with Crippen molar-refractivity contribution in [1.29, 1.82) is 0 Å². The van der Waals surface area contributed by atoms with E-state index in [1.165, 1.54) is 11.0 Å². The topological polar surface area (TPSA) is 82.5 Å². The summed E-state index contributed by atoms with van der Waals surface area (Å²) in [4.78, 5) is 16.5. The molecule has 16 heavy (non-hydrogen) atoms. The van der Waals surface area contributed by atoms with E-state index >= 15 is 0 Å². The van der Waals surface area contributed by atoms with Crippen LogP contribution in [0.15, 0.2) is 36.9 Å². The standard InChI is InChI=1S/C10H8N6/c11-16-9(7-3-1-2-4-12-7)13-5-8-10(16)15-6-14-8/h1-6H,11H2. The average molecular weight is 212 g/mol. The SMILES string of the molecule is Nn1c(-c2ccccn2)ncc2ncnc1-2. The zero-order valence-electron chi connectivity index (χ0n) is 8.28. The molecule has 0 aromatic carbocycles. The van der Waals surface area contributed by atoms with Crippen LogP contribution in [0, 0.1) is 0 Å². The van der Waals surface area contributed by atoms with E-state index in [1.54, 1.807) is 12.4 Å². The minimum absolute atomic E-state index is 0.564. The summed E-state index contributed by atoms with van der Waals surface area (Å²) >= 11 is 0. The van der Waals surface area contributed by atoms with Gasteiger partial charge in [-0.15, -0.1) is 0 Å². The van der Waals surface area contributed by atoms with Gasteiger partial charge in [0, 0.05) is 6.20 Å². The predicted molar refractivity (Wildman–Crippen MR) is 57.8 cm³/mol. The third-order valence-electron chi connectivity index (χ3n) is 2.27. The first-order valence-corrected chi connectivity index (χ1v) is 4.71. The van der Waals surface area contributed by atoms with Crippen LogP contribution < -0.4 is 5.84 Å². The number of hydrogen-bond donors (Lipinski definition) is 1. The largest absolute Gasteiger partial charge is 0.336 e. The van der Waals surface area contributed by atoms with Gasteiger partial charge in [-0.05, 0) is 12.1 Å². The van der Waals surface area contributed by atoms with Crippen molar-refractivity contribution in [3.63, 3.8) is 0 Å². The van der Waals surface area contributed by atoms with Gasteiger partial charge < -0.3 is 5.84 Å². The third-order valence-corrected chi connectivity index (χ3v) is 2.27. The molecular weight excluding hydrogens is 204 g/mol. The summed E-state index contributed by atoms with van der Waals surface area (Å²) in [6, 6.07) is 5.56. The fourth-order valence-electron chi connectivity index (χ4n) is 1.52. The number of fused-ring (bicyclic) bond motifs is 1. The van der Waals surface area contributed by atoms with Gasteiger partial charge in [-0.3, -0.25) is 4.98 Å². The number of nitrogen functional groups attached to an aromatic ring is 1. The minimum Gasteiger partial charge on any atom is -0.336 e. The van der Waals surface area contributed by atoms with Crippen molar-refractivity contribution in [2.75, 3.05) is 5.84 Å². The Labute approximate surface area is 91.1 Å². The van der Waals surface area contributed by atoms with Crippen LogP contribution in [0.3, 0.4) is 0 Å². The quantitative estimate of drug-likeness (QED) is 0.596. The normalized spacial score (nSPS) is 10.8. The number of nitrogens with zero attached hydrogens (tertiary/aromatic N) is 5. The molecule has 2 N–H and O–H groups in total. The summed E-state index contributed by atoms with van der Waals surface area (Å²) in [6.45, 7) is 0. The van der Waals surface area contributed by atoms with Crippen molar-refractivity contribution in [1.82, 2.24) is 24.6 Å². The zero-order valence-corrected chi connectivity index (χ0v) is 8.28. The van der Waals surface area contributed by atoms with E-state index in [9.17, 15) is 0 Å². The number of rotatable bonds is 1.